The van der Waals surface area contributed by atoms with Crippen LogP contribution in [0.3, 0.4) is 0 Å². The van der Waals surface area contributed by atoms with Crippen LogP contribution in [-0.4, -0.2) is 18.1 Å². The second-order valence-corrected chi connectivity index (χ2v) is 5.30. The van der Waals surface area contributed by atoms with Gasteiger partial charge in [-0.05, 0) is 21.5 Å². The molecule has 2 rings (SSSR count). The monoisotopic (exact) mass is 380 g/mol. The lowest BCUT2D eigenvalue weighted by Gasteiger charge is -2.10. The van der Waals surface area contributed by atoms with Crippen LogP contribution in [-0.2, 0) is 11.3 Å². The summed E-state index contributed by atoms with van der Waals surface area (Å²) in [5.41, 5.74) is 0.535. The van der Waals surface area contributed by atoms with Crippen molar-refractivity contribution in [2.24, 2.45) is 0 Å². The second-order valence-electron chi connectivity index (χ2n) is 4.45. The highest BCUT2D eigenvalue weighted by Crippen LogP contribution is 2.35. The van der Waals surface area contributed by atoms with Gasteiger partial charge in [0.2, 0.25) is 0 Å². The van der Waals surface area contributed by atoms with Gasteiger partial charge in [0, 0.05) is 12.1 Å². The summed E-state index contributed by atoms with van der Waals surface area (Å²) < 4.78 is 10.5. The Morgan fingerprint density at radius 1 is 1.30 bits per heavy atom. The number of amides is 1. The van der Waals surface area contributed by atoms with Crippen molar-refractivity contribution in [2.45, 2.75) is 6.61 Å². The molecule has 0 bridgehead atoms. The van der Waals surface area contributed by atoms with Gasteiger partial charge in [-0.3, -0.25) is 15.4 Å². The number of benzene rings is 2. The van der Waals surface area contributed by atoms with Crippen molar-refractivity contribution < 1.29 is 19.2 Å². The summed E-state index contributed by atoms with van der Waals surface area (Å²) in [5.74, 6) is 0.356. The Hall–Kier alpha value is -2.61. The van der Waals surface area contributed by atoms with Gasteiger partial charge >= 0.3 is 6.09 Å². The maximum atomic E-state index is 11.8. The number of carbonyl (C=O) groups is 1. The molecule has 1 N–H and O–H groups in total. The van der Waals surface area contributed by atoms with E-state index in [1.165, 1.54) is 19.2 Å². The van der Waals surface area contributed by atoms with Crippen molar-refractivity contribution in [3.05, 3.63) is 62.6 Å². The fourth-order valence-electron chi connectivity index (χ4n) is 1.82. The molecule has 0 saturated carbocycles. The summed E-state index contributed by atoms with van der Waals surface area (Å²) in [4.78, 5) is 22.3. The van der Waals surface area contributed by atoms with Crippen molar-refractivity contribution in [1.82, 2.24) is 0 Å². The van der Waals surface area contributed by atoms with Crippen LogP contribution in [0.1, 0.15) is 5.56 Å². The van der Waals surface area contributed by atoms with E-state index in [1.807, 2.05) is 18.2 Å². The van der Waals surface area contributed by atoms with Gasteiger partial charge in [0.05, 0.1) is 16.5 Å². The normalized spacial score (nSPS) is 10.0. The Morgan fingerprint density at radius 2 is 2.00 bits per heavy atom. The van der Waals surface area contributed by atoms with Gasteiger partial charge in [0.15, 0.2) is 0 Å². The lowest BCUT2D eigenvalue weighted by Crippen LogP contribution is -2.14. The Balaban J connectivity index is 2.11. The molecule has 0 spiro atoms. The van der Waals surface area contributed by atoms with E-state index < -0.39 is 11.0 Å². The molecule has 0 aliphatic rings. The average molecular weight is 381 g/mol. The van der Waals surface area contributed by atoms with Gasteiger partial charge < -0.3 is 9.47 Å². The van der Waals surface area contributed by atoms with E-state index >= 15 is 0 Å². The summed E-state index contributed by atoms with van der Waals surface area (Å²) >= 11 is 3.16. The molecule has 0 fully saturated rings. The van der Waals surface area contributed by atoms with Crippen molar-refractivity contribution in [1.29, 1.82) is 0 Å². The molecule has 7 nitrogen and oxygen atoms in total. The molecule has 8 heteroatoms. The molecule has 0 unspecified atom stereocenters. The van der Waals surface area contributed by atoms with Gasteiger partial charge in [0.25, 0.3) is 5.69 Å². The molecular weight excluding hydrogens is 368 g/mol. The molecule has 1 amide bonds. The molecule has 23 heavy (non-hydrogen) atoms. The highest BCUT2D eigenvalue weighted by Gasteiger charge is 2.20. The molecule has 0 atom stereocenters. The third-order valence-electron chi connectivity index (χ3n) is 2.92. The number of nitro benzene ring substituents is 1. The van der Waals surface area contributed by atoms with Crippen molar-refractivity contribution in [3.8, 4) is 5.75 Å². The number of halogens is 1. The van der Waals surface area contributed by atoms with E-state index in [-0.39, 0.29) is 18.0 Å². The summed E-state index contributed by atoms with van der Waals surface area (Å²) in [5, 5.41) is 13.4. The highest BCUT2D eigenvalue weighted by atomic mass is 79.9. The molecule has 120 valence electrons. The fraction of sp³-hybridized carbons (Fsp3) is 0.133. The first-order valence-electron chi connectivity index (χ1n) is 6.51. The zero-order valence-electron chi connectivity index (χ0n) is 12.1. The molecule has 2 aromatic carbocycles. The van der Waals surface area contributed by atoms with Crippen molar-refractivity contribution in [2.75, 3.05) is 12.4 Å². The first kappa shape index (κ1) is 16.8. The minimum atomic E-state index is -0.790. The van der Waals surface area contributed by atoms with Crippen LogP contribution in [0.5, 0.6) is 5.75 Å². The number of nitrogens with one attached hydrogen (secondary N) is 1. The van der Waals surface area contributed by atoms with Crippen LogP contribution in [0.15, 0.2) is 46.9 Å². The standard InChI is InChI=1S/C15H13BrN2O5/c1-22-14-8-12(13(18(20)21)7-11(14)16)17-15(19)23-9-10-5-3-2-4-6-10/h2-8H,9H2,1H3,(H,17,19). The number of rotatable bonds is 5. The topological polar surface area (TPSA) is 90.7 Å². The van der Waals surface area contributed by atoms with Crippen molar-refractivity contribution >= 4 is 33.4 Å². The number of hydrogen-bond acceptors (Lipinski definition) is 5. The number of carbonyl (C=O) groups excluding carboxylic acids is 1. The number of nitrogens with zero attached hydrogens (tertiary/aromatic N) is 1. The van der Waals surface area contributed by atoms with Crippen LogP contribution < -0.4 is 10.1 Å². The Morgan fingerprint density at radius 3 is 2.61 bits per heavy atom. The van der Waals surface area contributed by atoms with Gasteiger partial charge in [-0.15, -0.1) is 0 Å². The van der Waals surface area contributed by atoms with E-state index in [2.05, 4.69) is 21.2 Å². The summed E-state index contributed by atoms with van der Waals surface area (Å²) in [6.45, 7) is 0.0636. The van der Waals surface area contributed by atoms with Crippen LogP contribution in [0.4, 0.5) is 16.2 Å². The first-order valence-corrected chi connectivity index (χ1v) is 7.30. The minimum absolute atomic E-state index is 0.00638. The Bertz CT molecular complexity index is 721. The quantitative estimate of drug-likeness (QED) is 0.622. The van der Waals surface area contributed by atoms with E-state index in [9.17, 15) is 14.9 Å². The molecule has 0 aliphatic carbocycles. The van der Waals surface area contributed by atoms with Crippen LogP contribution in [0.25, 0.3) is 0 Å². The second kappa shape index (κ2) is 7.59. The third-order valence-corrected chi connectivity index (χ3v) is 3.54. The molecule has 0 saturated heterocycles. The molecule has 0 aromatic heterocycles. The van der Waals surface area contributed by atoms with E-state index in [0.29, 0.717) is 10.2 Å². The summed E-state index contributed by atoms with van der Waals surface area (Å²) in [7, 11) is 1.42. The average Bonchev–Trinajstić information content (AvgIpc) is 2.55. The maximum Gasteiger partial charge on any atom is 0.412 e. The molecule has 2 aromatic rings. The zero-order valence-corrected chi connectivity index (χ0v) is 13.7. The number of ether oxygens (including phenoxy) is 2. The number of nitro groups is 1. The van der Waals surface area contributed by atoms with Gasteiger partial charge in [0.1, 0.15) is 18.0 Å². The number of hydrogen-bond donors (Lipinski definition) is 1. The largest absolute Gasteiger partial charge is 0.495 e. The van der Waals surface area contributed by atoms with E-state index in [1.54, 1.807) is 12.1 Å². The van der Waals surface area contributed by atoms with Crippen LogP contribution in [0, 0.1) is 10.1 Å². The lowest BCUT2D eigenvalue weighted by molar-refractivity contribution is -0.384. The van der Waals surface area contributed by atoms with Gasteiger partial charge in [-0.2, -0.15) is 0 Å². The van der Waals surface area contributed by atoms with Crippen molar-refractivity contribution in [3.63, 3.8) is 0 Å². The zero-order chi connectivity index (χ0) is 16.8. The van der Waals surface area contributed by atoms with Crippen LogP contribution >= 0.6 is 15.9 Å². The minimum Gasteiger partial charge on any atom is -0.495 e. The number of methoxy groups -OCH3 is 1. The predicted molar refractivity (Wildman–Crippen MR) is 87.6 cm³/mol. The molecular formula is C15H13BrN2O5. The maximum absolute atomic E-state index is 11.8. The van der Waals surface area contributed by atoms with Gasteiger partial charge in [-0.25, -0.2) is 4.79 Å². The molecule has 0 heterocycles. The molecule has 0 radical (unpaired) electrons. The smallest absolute Gasteiger partial charge is 0.412 e. The Labute approximate surface area is 140 Å². The fourth-order valence-corrected chi connectivity index (χ4v) is 2.31. The SMILES string of the molecule is COc1cc(NC(=O)OCc2ccccc2)c([N+](=O)[O-])cc1Br. The van der Waals surface area contributed by atoms with E-state index in [0.717, 1.165) is 5.56 Å². The molecule has 0 aliphatic heterocycles. The van der Waals surface area contributed by atoms with E-state index in [4.69, 9.17) is 9.47 Å². The first-order chi connectivity index (χ1) is 11.0. The summed E-state index contributed by atoms with van der Waals surface area (Å²) in [6.07, 6.45) is -0.790. The Kier molecular flexibility index (Phi) is 5.53. The highest BCUT2D eigenvalue weighted by molar-refractivity contribution is 9.10. The summed E-state index contributed by atoms with van der Waals surface area (Å²) in [6, 6.07) is 11.7. The third kappa shape index (κ3) is 4.43. The lowest BCUT2D eigenvalue weighted by atomic mass is 10.2. The number of anilines is 1. The van der Waals surface area contributed by atoms with Crippen LogP contribution in [0.2, 0.25) is 0 Å². The predicted octanol–water partition coefficient (Wildman–Crippen LogP) is 4.11. The van der Waals surface area contributed by atoms with Gasteiger partial charge in [-0.1, -0.05) is 30.3 Å².